The van der Waals surface area contributed by atoms with Crippen molar-refractivity contribution in [3.05, 3.63) is 26.6 Å². The van der Waals surface area contributed by atoms with Gasteiger partial charge in [-0.3, -0.25) is 9.59 Å². The normalized spacial score (nSPS) is 13.6. The van der Waals surface area contributed by atoms with E-state index in [0.29, 0.717) is 17.3 Å². The van der Waals surface area contributed by atoms with Crippen LogP contribution in [0.2, 0.25) is 0 Å². The second-order valence-electron chi connectivity index (χ2n) is 5.33. The number of H-pyrrole nitrogens is 1. The third kappa shape index (κ3) is 2.85. The standard InChI is InChI=1S/C14H17N3O2S2/c1-17(2)11(18)7-20-6-10-15-13(19)12-8-4-3-5-9(8)21-14(12)16-10/h3-7H2,1-2H3,(H,15,16,19). The summed E-state index contributed by atoms with van der Waals surface area (Å²) in [6.07, 6.45) is 3.20. The van der Waals surface area contributed by atoms with E-state index in [1.807, 2.05) is 0 Å². The first kappa shape index (κ1) is 14.6. The summed E-state index contributed by atoms with van der Waals surface area (Å²) in [5.74, 6) is 1.67. The summed E-state index contributed by atoms with van der Waals surface area (Å²) in [6.45, 7) is 0. The van der Waals surface area contributed by atoms with Crippen molar-refractivity contribution in [1.29, 1.82) is 0 Å². The van der Waals surface area contributed by atoms with Gasteiger partial charge in [-0.05, 0) is 24.8 Å². The number of aromatic nitrogens is 2. The Bertz CT molecular complexity index is 748. The van der Waals surface area contributed by atoms with Crippen LogP contribution in [0.5, 0.6) is 0 Å². The zero-order valence-electron chi connectivity index (χ0n) is 12.1. The molecule has 0 unspecified atom stereocenters. The predicted octanol–water partition coefficient (Wildman–Crippen LogP) is 1.79. The van der Waals surface area contributed by atoms with Gasteiger partial charge in [-0.15, -0.1) is 23.1 Å². The van der Waals surface area contributed by atoms with Crippen LogP contribution >= 0.6 is 23.1 Å². The van der Waals surface area contributed by atoms with Crippen LogP contribution in [-0.2, 0) is 23.4 Å². The lowest BCUT2D eigenvalue weighted by atomic mass is 10.2. The van der Waals surface area contributed by atoms with Crippen LogP contribution in [0.1, 0.15) is 22.7 Å². The van der Waals surface area contributed by atoms with Crippen molar-refractivity contribution in [3.63, 3.8) is 0 Å². The van der Waals surface area contributed by atoms with Gasteiger partial charge in [0.15, 0.2) is 0 Å². The van der Waals surface area contributed by atoms with Gasteiger partial charge in [0.1, 0.15) is 10.7 Å². The number of thioether (sulfide) groups is 1. The molecule has 5 nitrogen and oxygen atoms in total. The molecule has 0 fully saturated rings. The van der Waals surface area contributed by atoms with Gasteiger partial charge in [-0.25, -0.2) is 4.98 Å². The number of carbonyl (C=O) groups is 1. The van der Waals surface area contributed by atoms with Crippen molar-refractivity contribution in [2.45, 2.75) is 25.0 Å². The number of hydrogen-bond donors (Lipinski definition) is 1. The van der Waals surface area contributed by atoms with Gasteiger partial charge >= 0.3 is 0 Å². The number of thiophene rings is 1. The van der Waals surface area contributed by atoms with Gasteiger partial charge in [-0.1, -0.05) is 0 Å². The van der Waals surface area contributed by atoms with Crippen LogP contribution in [0.3, 0.4) is 0 Å². The lowest BCUT2D eigenvalue weighted by Gasteiger charge is -2.09. The van der Waals surface area contributed by atoms with E-state index in [0.717, 1.165) is 29.5 Å². The van der Waals surface area contributed by atoms with Crippen LogP contribution in [0.4, 0.5) is 0 Å². The largest absolute Gasteiger partial charge is 0.348 e. The van der Waals surface area contributed by atoms with Crippen LogP contribution in [0.15, 0.2) is 4.79 Å². The fourth-order valence-corrected chi connectivity index (χ4v) is 4.63. The molecule has 1 aliphatic rings. The Labute approximate surface area is 130 Å². The van der Waals surface area contributed by atoms with Crippen molar-refractivity contribution in [2.75, 3.05) is 19.8 Å². The first-order chi connectivity index (χ1) is 10.1. The number of rotatable bonds is 4. The van der Waals surface area contributed by atoms with E-state index in [-0.39, 0.29) is 11.5 Å². The van der Waals surface area contributed by atoms with Crippen LogP contribution in [0.25, 0.3) is 10.2 Å². The molecule has 0 atom stereocenters. The number of aryl methyl sites for hydroxylation is 2. The number of nitrogens with one attached hydrogen (secondary N) is 1. The van der Waals surface area contributed by atoms with E-state index in [1.54, 1.807) is 30.3 Å². The number of amides is 1. The molecule has 21 heavy (non-hydrogen) atoms. The van der Waals surface area contributed by atoms with E-state index < -0.39 is 0 Å². The van der Waals surface area contributed by atoms with E-state index in [1.165, 1.54) is 22.2 Å². The summed E-state index contributed by atoms with van der Waals surface area (Å²) in [4.78, 5) is 34.9. The van der Waals surface area contributed by atoms with Crippen LogP contribution in [0, 0.1) is 0 Å². The fraction of sp³-hybridized carbons (Fsp3) is 0.500. The topological polar surface area (TPSA) is 66.1 Å². The average Bonchev–Trinajstić information content (AvgIpc) is 2.98. The first-order valence-electron chi connectivity index (χ1n) is 6.87. The molecular formula is C14H17N3O2S2. The highest BCUT2D eigenvalue weighted by molar-refractivity contribution is 7.99. The molecule has 0 aliphatic heterocycles. The molecule has 2 aromatic rings. The maximum atomic E-state index is 12.3. The summed E-state index contributed by atoms with van der Waals surface area (Å²) in [7, 11) is 3.48. The Hall–Kier alpha value is -1.34. The summed E-state index contributed by atoms with van der Waals surface area (Å²) in [5.41, 5.74) is 1.17. The molecule has 1 N–H and O–H groups in total. The molecule has 3 rings (SSSR count). The smallest absolute Gasteiger partial charge is 0.259 e. The molecule has 0 bridgehead atoms. The lowest BCUT2D eigenvalue weighted by molar-refractivity contribution is -0.125. The molecule has 1 aliphatic carbocycles. The summed E-state index contributed by atoms with van der Waals surface area (Å²) < 4.78 is 0. The zero-order valence-corrected chi connectivity index (χ0v) is 13.7. The average molecular weight is 323 g/mol. The second-order valence-corrected chi connectivity index (χ2v) is 7.40. The fourth-order valence-electron chi connectivity index (χ4n) is 2.48. The molecule has 0 saturated carbocycles. The predicted molar refractivity (Wildman–Crippen MR) is 87.1 cm³/mol. The molecular weight excluding hydrogens is 306 g/mol. The number of carbonyl (C=O) groups excluding carboxylic acids is 1. The number of hydrogen-bond acceptors (Lipinski definition) is 5. The van der Waals surface area contributed by atoms with Gasteiger partial charge in [0.05, 0.1) is 16.9 Å². The lowest BCUT2D eigenvalue weighted by Crippen LogP contribution is -2.23. The number of nitrogens with zero attached hydrogens (tertiary/aromatic N) is 2. The summed E-state index contributed by atoms with van der Waals surface area (Å²) in [5, 5.41) is 0.783. The minimum Gasteiger partial charge on any atom is -0.348 e. The molecule has 0 saturated heterocycles. The van der Waals surface area contributed by atoms with E-state index in [2.05, 4.69) is 9.97 Å². The van der Waals surface area contributed by atoms with Crippen LogP contribution in [-0.4, -0.2) is 40.6 Å². The third-order valence-electron chi connectivity index (χ3n) is 3.59. The Kier molecular flexibility index (Phi) is 4.03. The molecule has 112 valence electrons. The maximum absolute atomic E-state index is 12.3. The summed E-state index contributed by atoms with van der Waals surface area (Å²) >= 11 is 3.12. The molecule has 2 heterocycles. The van der Waals surface area contributed by atoms with Gasteiger partial charge in [0.2, 0.25) is 5.91 Å². The minimum atomic E-state index is -0.0334. The highest BCUT2D eigenvalue weighted by Crippen LogP contribution is 2.34. The van der Waals surface area contributed by atoms with Gasteiger partial charge in [0.25, 0.3) is 5.56 Å². The highest BCUT2D eigenvalue weighted by Gasteiger charge is 2.21. The number of fused-ring (bicyclic) bond motifs is 3. The van der Waals surface area contributed by atoms with E-state index in [9.17, 15) is 9.59 Å². The third-order valence-corrected chi connectivity index (χ3v) is 5.70. The Balaban J connectivity index is 1.79. The van der Waals surface area contributed by atoms with E-state index >= 15 is 0 Å². The molecule has 2 aromatic heterocycles. The maximum Gasteiger partial charge on any atom is 0.259 e. The van der Waals surface area contributed by atoms with Crippen molar-refractivity contribution >= 4 is 39.2 Å². The monoisotopic (exact) mass is 323 g/mol. The van der Waals surface area contributed by atoms with Gasteiger partial charge < -0.3 is 9.88 Å². The number of aromatic amines is 1. The Morgan fingerprint density at radius 1 is 1.43 bits per heavy atom. The van der Waals surface area contributed by atoms with Crippen molar-refractivity contribution in [1.82, 2.24) is 14.9 Å². The minimum absolute atomic E-state index is 0.0334. The molecule has 7 heteroatoms. The molecule has 0 radical (unpaired) electrons. The van der Waals surface area contributed by atoms with E-state index in [4.69, 9.17) is 0 Å². The highest BCUT2D eigenvalue weighted by atomic mass is 32.2. The Morgan fingerprint density at radius 3 is 3.00 bits per heavy atom. The molecule has 0 aromatic carbocycles. The molecule has 0 spiro atoms. The van der Waals surface area contributed by atoms with Crippen molar-refractivity contribution in [3.8, 4) is 0 Å². The SMILES string of the molecule is CN(C)C(=O)CSCc1nc2sc3c(c2c(=O)[nH]1)CCC3. The zero-order chi connectivity index (χ0) is 15.0. The van der Waals surface area contributed by atoms with Crippen LogP contribution < -0.4 is 5.56 Å². The second kappa shape index (κ2) is 5.81. The van der Waals surface area contributed by atoms with Gasteiger partial charge in [-0.2, -0.15) is 0 Å². The quantitative estimate of drug-likeness (QED) is 0.932. The van der Waals surface area contributed by atoms with Crippen molar-refractivity contribution < 1.29 is 4.79 Å². The first-order valence-corrected chi connectivity index (χ1v) is 8.84. The molecule has 1 amide bonds. The van der Waals surface area contributed by atoms with Gasteiger partial charge in [0, 0.05) is 19.0 Å². The Morgan fingerprint density at radius 2 is 2.24 bits per heavy atom. The van der Waals surface area contributed by atoms with Crippen molar-refractivity contribution in [2.24, 2.45) is 0 Å². The summed E-state index contributed by atoms with van der Waals surface area (Å²) in [6, 6.07) is 0.